The standard InChI is InChI=1S/C29H32Cl2FN3O4S/c1-29(2,3)33-28(37)26(14-20-8-6-5-7-9-20)34(18-21-10-12-24(32)13-11-21)27(36)19-35(40(4,38)39)25-16-22(30)15-23(31)17-25/h5-13,15-17,26H,14,18-19H2,1-4H3,(H,33,37). The van der Waals surface area contributed by atoms with Crippen LogP contribution in [-0.4, -0.2) is 49.5 Å². The first-order valence-electron chi connectivity index (χ1n) is 12.5. The molecule has 40 heavy (non-hydrogen) atoms. The third kappa shape index (κ3) is 9.21. The van der Waals surface area contributed by atoms with E-state index in [0.717, 1.165) is 16.1 Å². The van der Waals surface area contributed by atoms with Crippen molar-refractivity contribution in [3.05, 3.63) is 99.8 Å². The van der Waals surface area contributed by atoms with E-state index in [0.29, 0.717) is 5.56 Å². The zero-order valence-corrected chi connectivity index (χ0v) is 25.0. The molecular formula is C29H32Cl2FN3O4S. The molecule has 0 saturated carbocycles. The SMILES string of the molecule is CC(C)(C)NC(=O)C(Cc1ccccc1)N(Cc1ccc(F)cc1)C(=O)CN(c1cc(Cl)cc(Cl)c1)S(C)(=O)=O. The van der Waals surface area contributed by atoms with Gasteiger partial charge < -0.3 is 10.2 Å². The van der Waals surface area contributed by atoms with Crippen LogP contribution in [0.4, 0.5) is 10.1 Å². The monoisotopic (exact) mass is 607 g/mol. The Morgan fingerprint density at radius 2 is 1.50 bits per heavy atom. The van der Waals surface area contributed by atoms with E-state index in [-0.39, 0.29) is 28.7 Å². The maximum absolute atomic E-state index is 14.0. The van der Waals surface area contributed by atoms with Crippen LogP contribution in [0.3, 0.4) is 0 Å². The van der Waals surface area contributed by atoms with Crippen molar-refractivity contribution in [1.29, 1.82) is 0 Å². The summed E-state index contributed by atoms with van der Waals surface area (Å²) in [6.07, 6.45) is 1.13. The summed E-state index contributed by atoms with van der Waals surface area (Å²) in [7, 11) is -3.97. The molecule has 0 bridgehead atoms. The highest BCUT2D eigenvalue weighted by molar-refractivity contribution is 7.92. The molecule has 11 heteroatoms. The minimum Gasteiger partial charge on any atom is -0.350 e. The predicted molar refractivity (Wildman–Crippen MR) is 157 cm³/mol. The van der Waals surface area contributed by atoms with E-state index >= 15 is 0 Å². The van der Waals surface area contributed by atoms with E-state index in [4.69, 9.17) is 23.2 Å². The Labute approximate surface area is 244 Å². The van der Waals surface area contributed by atoms with Crippen LogP contribution in [0.15, 0.2) is 72.8 Å². The second-order valence-corrected chi connectivity index (χ2v) is 13.3. The van der Waals surface area contributed by atoms with Gasteiger partial charge >= 0.3 is 0 Å². The molecule has 0 saturated heterocycles. The van der Waals surface area contributed by atoms with Gasteiger partial charge in [-0.25, -0.2) is 12.8 Å². The highest BCUT2D eigenvalue weighted by Crippen LogP contribution is 2.27. The largest absolute Gasteiger partial charge is 0.350 e. The Balaban J connectivity index is 2.08. The summed E-state index contributed by atoms with van der Waals surface area (Å²) in [5.74, 6) is -1.51. The number of amides is 2. The maximum atomic E-state index is 14.0. The van der Waals surface area contributed by atoms with Crippen LogP contribution in [0, 0.1) is 5.82 Å². The van der Waals surface area contributed by atoms with Gasteiger partial charge in [0, 0.05) is 28.5 Å². The Morgan fingerprint density at radius 1 is 0.925 bits per heavy atom. The second kappa shape index (κ2) is 13.0. The molecule has 0 aliphatic rings. The summed E-state index contributed by atoms with van der Waals surface area (Å²) >= 11 is 12.2. The fourth-order valence-electron chi connectivity index (χ4n) is 4.09. The fourth-order valence-corrected chi connectivity index (χ4v) is 5.44. The van der Waals surface area contributed by atoms with Gasteiger partial charge in [0.1, 0.15) is 18.4 Å². The van der Waals surface area contributed by atoms with Gasteiger partial charge in [0.05, 0.1) is 11.9 Å². The van der Waals surface area contributed by atoms with Crippen molar-refractivity contribution in [2.24, 2.45) is 0 Å². The van der Waals surface area contributed by atoms with Crippen molar-refractivity contribution >= 4 is 50.7 Å². The summed E-state index contributed by atoms with van der Waals surface area (Å²) < 4.78 is 40.2. The summed E-state index contributed by atoms with van der Waals surface area (Å²) in [4.78, 5) is 29.0. The molecule has 3 rings (SSSR count). The molecule has 214 valence electrons. The molecule has 2 amide bonds. The quantitative estimate of drug-likeness (QED) is 0.332. The van der Waals surface area contributed by atoms with Crippen molar-refractivity contribution in [3.8, 4) is 0 Å². The third-order valence-corrected chi connectivity index (χ3v) is 7.43. The first-order chi connectivity index (χ1) is 18.6. The van der Waals surface area contributed by atoms with Gasteiger partial charge in [-0.05, 0) is 62.2 Å². The number of nitrogens with zero attached hydrogens (tertiary/aromatic N) is 2. The molecule has 1 atom stereocenters. The molecular weight excluding hydrogens is 576 g/mol. The first-order valence-corrected chi connectivity index (χ1v) is 15.1. The molecule has 0 aromatic heterocycles. The molecule has 3 aromatic rings. The number of benzene rings is 3. The number of sulfonamides is 1. The van der Waals surface area contributed by atoms with Gasteiger partial charge in [0.25, 0.3) is 0 Å². The lowest BCUT2D eigenvalue weighted by Crippen LogP contribution is -2.56. The number of carbonyl (C=O) groups excluding carboxylic acids is 2. The Bertz CT molecular complexity index is 1430. The zero-order chi connectivity index (χ0) is 29.7. The summed E-state index contributed by atoms with van der Waals surface area (Å²) in [5.41, 5.74) is 0.865. The van der Waals surface area contributed by atoms with E-state index in [1.165, 1.54) is 47.4 Å². The fraction of sp³-hybridized carbons (Fsp3) is 0.310. The Hall–Kier alpha value is -3.14. The van der Waals surface area contributed by atoms with Crippen LogP contribution >= 0.6 is 23.2 Å². The number of hydrogen-bond acceptors (Lipinski definition) is 4. The van der Waals surface area contributed by atoms with Gasteiger partial charge in [0.2, 0.25) is 21.8 Å². The van der Waals surface area contributed by atoms with Crippen molar-refractivity contribution in [1.82, 2.24) is 10.2 Å². The average Bonchev–Trinajstić information content (AvgIpc) is 2.84. The van der Waals surface area contributed by atoms with Crippen LogP contribution in [0.2, 0.25) is 10.0 Å². The Morgan fingerprint density at radius 3 is 2.02 bits per heavy atom. The van der Waals surface area contributed by atoms with E-state index < -0.39 is 45.8 Å². The van der Waals surface area contributed by atoms with Crippen LogP contribution in [0.25, 0.3) is 0 Å². The van der Waals surface area contributed by atoms with Gasteiger partial charge in [-0.2, -0.15) is 0 Å². The van der Waals surface area contributed by atoms with E-state index in [1.807, 2.05) is 51.1 Å². The lowest BCUT2D eigenvalue weighted by atomic mass is 10.0. The molecule has 1 N–H and O–H groups in total. The smallest absolute Gasteiger partial charge is 0.244 e. The second-order valence-electron chi connectivity index (χ2n) is 10.5. The third-order valence-electron chi connectivity index (χ3n) is 5.85. The molecule has 0 heterocycles. The van der Waals surface area contributed by atoms with Crippen molar-refractivity contribution in [2.75, 3.05) is 17.1 Å². The van der Waals surface area contributed by atoms with Crippen LogP contribution in [0.5, 0.6) is 0 Å². The average molecular weight is 609 g/mol. The van der Waals surface area contributed by atoms with Crippen LogP contribution in [-0.2, 0) is 32.6 Å². The maximum Gasteiger partial charge on any atom is 0.244 e. The normalized spacial score (nSPS) is 12.5. The van der Waals surface area contributed by atoms with Crippen LogP contribution in [0.1, 0.15) is 31.9 Å². The van der Waals surface area contributed by atoms with Gasteiger partial charge in [-0.3, -0.25) is 13.9 Å². The highest BCUT2D eigenvalue weighted by Gasteiger charge is 2.34. The molecule has 0 aliphatic heterocycles. The Kier molecular flexibility index (Phi) is 10.2. The molecule has 3 aromatic carbocycles. The summed E-state index contributed by atoms with van der Waals surface area (Å²) in [6, 6.07) is 17.9. The lowest BCUT2D eigenvalue weighted by molar-refractivity contribution is -0.140. The molecule has 0 spiro atoms. The predicted octanol–water partition coefficient (Wildman–Crippen LogP) is 5.45. The van der Waals surface area contributed by atoms with Crippen LogP contribution < -0.4 is 9.62 Å². The number of rotatable bonds is 10. The zero-order valence-electron chi connectivity index (χ0n) is 22.7. The van der Waals surface area contributed by atoms with Crippen molar-refractivity contribution in [2.45, 2.75) is 45.3 Å². The van der Waals surface area contributed by atoms with E-state index in [9.17, 15) is 22.4 Å². The number of nitrogens with one attached hydrogen (secondary N) is 1. The van der Waals surface area contributed by atoms with Gasteiger partial charge in [0.15, 0.2) is 0 Å². The van der Waals surface area contributed by atoms with Crippen molar-refractivity contribution in [3.63, 3.8) is 0 Å². The molecule has 1 unspecified atom stereocenters. The topological polar surface area (TPSA) is 86.8 Å². The first kappa shape index (κ1) is 31.4. The number of anilines is 1. The highest BCUT2D eigenvalue weighted by atomic mass is 35.5. The van der Waals surface area contributed by atoms with Crippen molar-refractivity contribution < 1.29 is 22.4 Å². The van der Waals surface area contributed by atoms with Gasteiger partial charge in [-0.1, -0.05) is 65.7 Å². The number of hydrogen-bond donors (Lipinski definition) is 1. The summed E-state index contributed by atoms with van der Waals surface area (Å²) in [6.45, 7) is 4.79. The van der Waals surface area contributed by atoms with Gasteiger partial charge in [-0.15, -0.1) is 0 Å². The summed E-state index contributed by atoms with van der Waals surface area (Å²) in [5, 5.41) is 3.33. The number of halogens is 3. The minimum atomic E-state index is -3.97. The number of carbonyl (C=O) groups is 2. The van der Waals surface area contributed by atoms with E-state index in [1.54, 1.807) is 0 Å². The minimum absolute atomic E-state index is 0.0674. The lowest BCUT2D eigenvalue weighted by Gasteiger charge is -2.35. The molecule has 0 fully saturated rings. The molecule has 7 nitrogen and oxygen atoms in total. The van der Waals surface area contributed by atoms with E-state index in [2.05, 4.69) is 5.32 Å². The molecule has 0 aliphatic carbocycles. The molecule has 0 radical (unpaired) electrons.